The van der Waals surface area contributed by atoms with Gasteiger partial charge in [-0.2, -0.15) is 0 Å². The molecular formula is C12H17NO4. The summed E-state index contributed by atoms with van der Waals surface area (Å²) < 4.78 is 4.95. The van der Waals surface area contributed by atoms with Crippen LogP contribution in [0.25, 0.3) is 0 Å². The average Bonchev–Trinajstić information content (AvgIpc) is 2.78. The van der Waals surface area contributed by atoms with Gasteiger partial charge in [-0.05, 0) is 25.5 Å². The number of nitrogens with zero attached hydrogens (tertiary/aromatic N) is 1. The molecule has 1 aromatic heterocycles. The number of likely N-dealkylation sites (tertiary alicyclic amines) is 1. The van der Waals surface area contributed by atoms with Crippen LogP contribution in [0.5, 0.6) is 0 Å². The van der Waals surface area contributed by atoms with Crippen molar-refractivity contribution in [2.75, 3.05) is 13.2 Å². The van der Waals surface area contributed by atoms with E-state index in [1.807, 2.05) is 0 Å². The minimum Gasteiger partial charge on any atom is -0.475 e. The van der Waals surface area contributed by atoms with Crippen LogP contribution in [0.1, 0.15) is 35.4 Å². The number of aromatic carboxylic acids is 1. The fourth-order valence-corrected chi connectivity index (χ4v) is 2.34. The molecule has 1 aromatic rings. The molecule has 0 saturated carbocycles. The first-order chi connectivity index (χ1) is 8.22. The molecule has 1 aliphatic heterocycles. The van der Waals surface area contributed by atoms with Gasteiger partial charge in [-0.3, -0.25) is 4.90 Å². The molecule has 0 radical (unpaired) electrons. The van der Waals surface area contributed by atoms with Gasteiger partial charge in [-0.25, -0.2) is 4.79 Å². The van der Waals surface area contributed by atoms with Crippen molar-refractivity contribution < 1.29 is 19.4 Å². The van der Waals surface area contributed by atoms with Gasteiger partial charge in [-0.15, -0.1) is 0 Å². The Labute approximate surface area is 99.6 Å². The standard InChI is InChI=1S/C12H17NO4/c14-8-10-3-1-2-5-13(10)7-9-4-6-17-11(9)12(15)16/h4,6,10,14H,1-3,5,7-8H2,(H,15,16). The number of carbonyl (C=O) groups is 1. The minimum absolute atomic E-state index is 0.00673. The Bertz CT molecular complexity index is 388. The number of aliphatic hydroxyl groups is 1. The van der Waals surface area contributed by atoms with Gasteiger partial charge in [0, 0.05) is 18.2 Å². The van der Waals surface area contributed by atoms with E-state index in [9.17, 15) is 9.90 Å². The summed E-state index contributed by atoms with van der Waals surface area (Å²) >= 11 is 0. The van der Waals surface area contributed by atoms with Crippen LogP contribution in [-0.4, -0.2) is 40.3 Å². The van der Waals surface area contributed by atoms with Crippen LogP contribution in [0, 0.1) is 0 Å². The van der Waals surface area contributed by atoms with Gasteiger partial charge in [0.15, 0.2) is 0 Å². The van der Waals surface area contributed by atoms with E-state index in [-0.39, 0.29) is 18.4 Å². The van der Waals surface area contributed by atoms with E-state index >= 15 is 0 Å². The molecule has 2 rings (SSSR count). The number of carboxylic acid groups (broad SMARTS) is 1. The summed E-state index contributed by atoms with van der Waals surface area (Å²) in [4.78, 5) is 13.0. The molecule has 5 nitrogen and oxygen atoms in total. The lowest BCUT2D eigenvalue weighted by atomic mass is 10.0. The Morgan fingerprint density at radius 2 is 2.35 bits per heavy atom. The molecule has 0 aliphatic carbocycles. The maximum Gasteiger partial charge on any atom is 0.372 e. The van der Waals surface area contributed by atoms with Gasteiger partial charge in [-0.1, -0.05) is 6.42 Å². The largest absolute Gasteiger partial charge is 0.475 e. The number of carboxylic acids is 1. The molecule has 0 spiro atoms. The monoisotopic (exact) mass is 239 g/mol. The van der Waals surface area contributed by atoms with Crippen LogP contribution in [-0.2, 0) is 6.54 Å². The second-order valence-electron chi connectivity index (χ2n) is 4.38. The van der Waals surface area contributed by atoms with E-state index < -0.39 is 5.97 Å². The molecule has 1 aliphatic rings. The number of aliphatic hydroxyl groups excluding tert-OH is 1. The first-order valence-electron chi connectivity index (χ1n) is 5.87. The number of hydrogen-bond donors (Lipinski definition) is 2. The van der Waals surface area contributed by atoms with Crippen LogP contribution in [0.4, 0.5) is 0 Å². The molecule has 0 bridgehead atoms. The van der Waals surface area contributed by atoms with Crippen molar-refractivity contribution >= 4 is 5.97 Å². The van der Waals surface area contributed by atoms with Crippen molar-refractivity contribution in [3.63, 3.8) is 0 Å². The number of hydrogen-bond acceptors (Lipinski definition) is 4. The van der Waals surface area contributed by atoms with Crippen molar-refractivity contribution in [3.8, 4) is 0 Å². The lowest BCUT2D eigenvalue weighted by molar-refractivity contribution is 0.0648. The molecular weight excluding hydrogens is 222 g/mol. The lowest BCUT2D eigenvalue weighted by Crippen LogP contribution is -2.41. The first-order valence-corrected chi connectivity index (χ1v) is 5.87. The molecule has 1 saturated heterocycles. The average molecular weight is 239 g/mol. The van der Waals surface area contributed by atoms with E-state index in [1.54, 1.807) is 6.07 Å². The third kappa shape index (κ3) is 2.68. The molecule has 0 amide bonds. The number of rotatable bonds is 4. The summed E-state index contributed by atoms with van der Waals surface area (Å²) in [5, 5.41) is 18.2. The van der Waals surface area contributed by atoms with Gasteiger partial charge in [0.05, 0.1) is 12.9 Å². The Morgan fingerprint density at radius 1 is 1.53 bits per heavy atom. The molecule has 0 aromatic carbocycles. The van der Waals surface area contributed by atoms with Crippen molar-refractivity contribution in [3.05, 3.63) is 23.7 Å². The fraction of sp³-hybridized carbons (Fsp3) is 0.583. The molecule has 2 N–H and O–H groups in total. The fourth-order valence-electron chi connectivity index (χ4n) is 2.34. The summed E-state index contributed by atoms with van der Waals surface area (Å²) in [6.45, 7) is 1.55. The lowest BCUT2D eigenvalue weighted by Gasteiger charge is -2.34. The molecule has 94 valence electrons. The Hall–Kier alpha value is -1.33. The highest BCUT2D eigenvalue weighted by atomic mass is 16.4. The smallest absolute Gasteiger partial charge is 0.372 e. The quantitative estimate of drug-likeness (QED) is 0.829. The Morgan fingerprint density at radius 3 is 3.06 bits per heavy atom. The predicted octanol–water partition coefficient (Wildman–Crippen LogP) is 1.32. The van der Waals surface area contributed by atoms with Crippen LogP contribution >= 0.6 is 0 Å². The third-order valence-electron chi connectivity index (χ3n) is 3.27. The van der Waals surface area contributed by atoms with E-state index in [0.717, 1.165) is 25.8 Å². The molecule has 17 heavy (non-hydrogen) atoms. The second kappa shape index (κ2) is 5.33. The van der Waals surface area contributed by atoms with Gasteiger partial charge in [0.1, 0.15) is 0 Å². The van der Waals surface area contributed by atoms with Gasteiger partial charge in [0.2, 0.25) is 5.76 Å². The number of piperidine rings is 1. The van der Waals surface area contributed by atoms with Crippen LogP contribution in [0.15, 0.2) is 16.7 Å². The summed E-state index contributed by atoms with van der Waals surface area (Å²) in [7, 11) is 0. The van der Waals surface area contributed by atoms with Crippen LogP contribution < -0.4 is 0 Å². The normalized spacial score (nSPS) is 21.6. The van der Waals surface area contributed by atoms with E-state index in [1.165, 1.54) is 6.26 Å². The van der Waals surface area contributed by atoms with E-state index in [4.69, 9.17) is 9.52 Å². The third-order valence-corrected chi connectivity index (χ3v) is 3.27. The minimum atomic E-state index is -1.04. The zero-order valence-corrected chi connectivity index (χ0v) is 9.63. The maximum atomic E-state index is 10.9. The summed E-state index contributed by atoms with van der Waals surface area (Å²) in [5.41, 5.74) is 0.679. The zero-order chi connectivity index (χ0) is 12.3. The van der Waals surface area contributed by atoms with E-state index in [0.29, 0.717) is 12.1 Å². The van der Waals surface area contributed by atoms with Crippen LogP contribution in [0.3, 0.4) is 0 Å². The van der Waals surface area contributed by atoms with E-state index in [2.05, 4.69) is 4.90 Å². The number of furan rings is 1. The zero-order valence-electron chi connectivity index (χ0n) is 9.63. The van der Waals surface area contributed by atoms with Crippen molar-refractivity contribution in [1.29, 1.82) is 0 Å². The topological polar surface area (TPSA) is 73.9 Å². The summed E-state index contributed by atoms with van der Waals surface area (Å²) in [5.74, 6) is -1.03. The second-order valence-corrected chi connectivity index (χ2v) is 4.38. The van der Waals surface area contributed by atoms with Crippen LogP contribution in [0.2, 0.25) is 0 Å². The van der Waals surface area contributed by atoms with Crippen molar-refractivity contribution in [1.82, 2.24) is 4.90 Å². The Kier molecular flexibility index (Phi) is 3.81. The summed E-state index contributed by atoms with van der Waals surface area (Å²) in [6, 6.07) is 1.83. The Balaban J connectivity index is 2.08. The van der Waals surface area contributed by atoms with Gasteiger partial charge in [0.25, 0.3) is 0 Å². The SMILES string of the molecule is O=C(O)c1occc1CN1CCCCC1CO. The molecule has 1 atom stereocenters. The van der Waals surface area contributed by atoms with Gasteiger partial charge < -0.3 is 14.6 Å². The molecule has 2 heterocycles. The van der Waals surface area contributed by atoms with Crippen molar-refractivity contribution in [2.24, 2.45) is 0 Å². The molecule has 1 unspecified atom stereocenters. The molecule has 5 heteroatoms. The maximum absolute atomic E-state index is 10.9. The predicted molar refractivity (Wildman–Crippen MR) is 60.8 cm³/mol. The summed E-state index contributed by atoms with van der Waals surface area (Å²) in [6.07, 6.45) is 4.59. The highest BCUT2D eigenvalue weighted by molar-refractivity contribution is 5.86. The highest BCUT2D eigenvalue weighted by Crippen LogP contribution is 2.21. The first kappa shape index (κ1) is 12.1. The highest BCUT2D eigenvalue weighted by Gasteiger charge is 2.24. The molecule has 1 fully saturated rings. The van der Waals surface area contributed by atoms with Gasteiger partial charge >= 0.3 is 5.97 Å². The van der Waals surface area contributed by atoms with Crippen molar-refractivity contribution in [2.45, 2.75) is 31.8 Å².